The molecule has 0 atom stereocenters. The second-order valence-electron chi connectivity index (χ2n) is 5.19. The zero-order chi connectivity index (χ0) is 18.5. The highest BCUT2D eigenvalue weighted by atomic mass is 79.9. The first kappa shape index (κ1) is 18.2. The lowest BCUT2D eigenvalue weighted by molar-refractivity contribution is -0.139. The van der Waals surface area contributed by atoms with E-state index in [2.05, 4.69) is 26.2 Å². The molecule has 2 aromatic carbocycles. The van der Waals surface area contributed by atoms with Gasteiger partial charge in [-0.25, -0.2) is 9.79 Å². The molecule has 1 heterocycles. The monoisotopic (exact) mass is 432 g/mol. The van der Waals surface area contributed by atoms with Gasteiger partial charge in [-0.3, -0.25) is 4.79 Å². The van der Waals surface area contributed by atoms with E-state index >= 15 is 0 Å². The van der Waals surface area contributed by atoms with E-state index in [0.29, 0.717) is 15.8 Å². The molecule has 1 aliphatic heterocycles. The molecule has 0 saturated carbocycles. The minimum atomic E-state index is -1.05. The van der Waals surface area contributed by atoms with Crippen molar-refractivity contribution in [3.8, 4) is 5.75 Å². The summed E-state index contributed by atoms with van der Waals surface area (Å²) < 4.78 is 5.98. The Morgan fingerprint density at radius 3 is 2.85 bits per heavy atom. The number of para-hydroxylation sites is 1. The molecule has 1 aliphatic rings. The van der Waals surface area contributed by atoms with Crippen molar-refractivity contribution in [1.82, 2.24) is 5.32 Å². The summed E-state index contributed by atoms with van der Waals surface area (Å²) >= 11 is 4.66. The number of benzene rings is 2. The molecule has 132 valence electrons. The van der Waals surface area contributed by atoms with Crippen LogP contribution in [-0.2, 0) is 9.59 Å². The third-order valence-electron chi connectivity index (χ3n) is 3.24. The Kier molecular flexibility index (Phi) is 5.75. The number of hydrogen-bond donors (Lipinski definition) is 2. The minimum Gasteiger partial charge on any atom is -0.482 e. The number of hydrogen-bond acceptors (Lipinski definition) is 5. The molecule has 0 bridgehead atoms. The molecule has 1 saturated heterocycles. The molecule has 0 aromatic heterocycles. The maximum atomic E-state index is 12.2. The zero-order valence-corrected chi connectivity index (χ0v) is 15.7. The van der Waals surface area contributed by atoms with Crippen LogP contribution in [0.15, 0.2) is 62.9 Å². The summed E-state index contributed by atoms with van der Waals surface area (Å²) in [5.41, 5.74) is 1.45. The van der Waals surface area contributed by atoms with Gasteiger partial charge >= 0.3 is 5.97 Å². The van der Waals surface area contributed by atoms with Crippen LogP contribution in [0.25, 0.3) is 6.08 Å². The number of carboxylic acid groups (broad SMARTS) is 1. The standard InChI is InChI=1S/C18H13BrN2O4S/c19-13-6-1-2-7-14(13)20-18-21-17(24)15(26-18)9-11-4-3-5-12(8-11)25-10-16(22)23/h1-9H,10H2,(H,22,23)(H,20,21,24)/b15-9+. The molecule has 2 N–H and O–H groups in total. The Balaban J connectivity index is 1.78. The molecule has 0 spiro atoms. The third kappa shape index (κ3) is 4.74. The van der Waals surface area contributed by atoms with Gasteiger partial charge in [0.05, 0.1) is 10.6 Å². The van der Waals surface area contributed by atoms with E-state index in [9.17, 15) is 9.59 Å². The normalized spacial score (nSPS) is 16.7. The smallest absolute Gasteiger partial charge is 0.341 e. The maximum Gasteiger partial charge on any atom is 0.341 e. The number of thioether (sulfide) groups is 1. The number of nitrogens with one attached hydrogen (secondary N) is 1. The number of rotatable bonds is 5. The number of aliphatic carboxylic acids is 1. The molecule has 0 unspecified atom stereocenters. The average Bonchev–Trinajstić information content (AvgIpc) is 2.95. The number of amides is 1. The Morgan fingerprint density at radius 1 is 1.27 bits per heavy atom. The van der Waals surface area contributed by atoms with Gasteiger partial charge < -0.3 is 15.2 Å². The molecular formula is C18H13BrN2O4S. The second-order valence-corrected chi connectivity index (χ2v) is 7.07. The molecule has 1 fully saturated rings. The average molecular weight is 433 g/mol. The fourth-order valence-electron chi connectivity index (χ4n) is 2.12. The first-order valence-corrected chi connectivity index (χ1v) is 9.11. The van der Waals surface area contributed by atoms with Gasteiger partial charge in [0.15, 0.2) is 11.8 Å². The van der Waals surface area contributed by atoms with Crippen LogP contribution >= 0.6 is 27.7 Å². The summed E-state index contributed by atoms with van der Waals surface area (Å²) in [5, 5.41) is 11.9. The van der Waals surface area contributed by atoms with Crippen molar-refractivity contribution >= 4 is 56.5 Å². The fourth-order valence-corrected chi connectivity index (χ4v) is 3.33. The van der Waals surface area contributed by atoms with E-state index in [0.717, 1.165) is 15.7 Å². The van der Waals surface area contributed by atoms with Crippen LogP contribution in [0.1, 0.15) is 5.56 Å². The lowest BCUT2D eigenvalue weighted by atomic mass is 10.2. The first-order chi connectivity index (χ1) is 12.5. The van der Waals surface area contributed by atoms with E-state index in [1.807, 2.05) is 24.3 Å². The summed E-state index contributed by atoms with van der Waals surface area (Å²) in [4.78, 5) is 27.7. The van der Waals surface area contributed by atoms with E-state index in [-0.39, 0.29) is 5.91 Å². The van der Waals surface area contributed by atoms with E-state index in [1.54, 1.807) is 30.3 Å². The van der Waals surface area contributed by atoms with E-state index < -0.39 is 12.6 Å². The maximum absolute atomic E-state index is 12.2. The number of halogens is 1. The summed E-state index contributed by atoms with van der Waals surface area (Å²) in [6, 6.07) is 14.3. The summed E-state index contributed by atoms with van der Waals surface area (Å²) in [6.45, 7) is -0.419. The topological polar surface area (TPSA) is 88.0 Å². The summed E-state index contributed by atoms with van der Waals surface area (Å²) in [6.07, 6.45) is 1.70. The van der Waals surface area contributed by atoms with E-state index in [4.69, 9.17) is 9.84 Å². The van der Waals surface area contributed by atoms with E-state index in [1.165, 1.54) is 11.8 Å². The number of nitrogens with zero attached hydrogens (tertiary/aromatic N) is 1. The zero-order valence-electron chi connectivity index (χ0n) is 13.3. The number of carbonyl (C=O) groups excluding carboxylic acids is 1. The van der Waals surface area contributed by atoms with Crippen molar-refractivity contribution in [2.24, 2.45) is 4.99 Å². The van der Waals surface area contributed by atoms with Gasteiger partial charge in [0, 0.05) is 4.47 Å². The van der Waals surface area contributed by atoms with Crippen molar-refractivity contribution in [3.05, 3.63) is 63.5 Å². The highest BCUT2D eigenvalue weighted by Gasteiger charge is 2.24. The van der Waals surface area contributed by atoms with Gasteiger partial charge in [0.1, 0.15) is 5.75 Å². The van der Waals surface area contributed by atoms with Crippen LogP contribution in [0.3, 0.4) is 0 Å². The molecule has 8 heteroatoms. The molecule has 2 aromatic rings. The van der Waals surface area contributed by atoms with Crippen LogP contribution < -0.4 is 10.1 Å². The van der Waals surface area contributed by atoms with Crippen LogP contribution in [0.4, 0.5) is 5.69 Å². The molecule has 0 radical (unpaired) electrons. The highest BCUT2D eigenvalue weighted by Crippen LogP contribution is 2.31. The Morgan fingerprint density at radius 2 is 2.08 bits per heavy atom. The molecule has 3 rings (SSSR count). The molecular weight excluding hydrogens is 420 g/mol. The Labute approximate surface area is 162 Å². The van der Waals surface area contributed by atoms with Gasteiger partial charge in [-0.2, -0.15) is 0 Å². The Bertz CT molecular complexity index is 927. The molecule has 0 aliphatic carbocycles. The van der Waals surface area contributed by atoms with Gasteiger partial charge in [-0.15, -0.1) is 0 Å². The van der Waals surface area contributed by atoms with Crippen molar-refractivity contribution in [3.63, 3.8) is 0 Å². The van der Waals surface area contributed by atoms with Crippen LogP contribution in [-0.4, -0.2) is 28.8 Å². The molecule has 1 amide bonds. The van der Waals surface area contributed by atoms with Gasteiger partial charge in [-0.05, 0) is 63.6 Å². The third-order valence-corrected chi connectivity index (χ3v) is 4.82. The number of amidine groups is 1. The van der Waals surface area contributed by atoms with Crippen molar-refractivity contribution in [2.45, 2.75) is 0 Å². The van der Waals surface area contributed by atoms with Crippen molar-refractivity contribution < 1.29 is 19.4 Å². The second kappa shape index (κ2) is 8.20. The summed E-state index contributed by atoms with van der Waals surface area (Å²) in [7, 11) is 0. The van der Waals surface area contributed by atoms with Crippen LogP contribution in [0.2, 0.25) is 0 Å². The van der Waals surface area contributed by atoms with Gasteiger partial charge in [0.25, 0.3) is 5.91 Å². The van der Waals surface area contributed by atoms with Crippen molar-refractivity contribution in [1.29, 1.82) is 0 Å². The molecule has 6 nitrogen and oxygen atoms in total. The quantitative estimate of drug-likeness (QED) is 0.701. The predicted octanol–water partition coefficient (Wildman–Crippen LogP) is 3.80. The van der Waals surface area contributed by atoms with Crippen LogP contribution in [0.5, 0.6) is 5.75 Å². The number of ether oxygens (including phenoxy) is 1. The predicted molar refractivity (Wildman–Crippen MR) is 105 cm³/mol. The number of carbonyl (C=O) groups is 2. The highest BCUT2D eigenvalue weighted by molar-refractivity contribution is 9.10. The Hall–Kier alpha value is -2.58. The fraction of sp³-hybridized carbons (Fsp3) is 0.0556. The number of aliphatic imine (C=N–C) groups is 1. The lowest BCUT2D eigenvalue weighted by Crippen LogP contribution is -2.19. The minimum absolute atomic E-state index is 0.238. The van der Waals surface area contributed by atoms with Crippen molar-refractivity contribution in [2.75, 3.05) is 6.61 Å². The van der Waals surface area contributed by atoms with Gasteiger partial charge in [-0.1, -0.05) is 24.3 Å². The molecule has 26 heavy (non-hydrogen) atoms. The van der Waals surface area contributed by atoms with Crippen LogP contribution in [0, 0.1) is 0 Å². The first-order valence-electron chi connectivity index (χ1n) is 7.50. The largest absolute Gasteiger partial charge is 0.482 e. The number of carboxylic acids is 1. The van der Waals surface area contributed by atoms with Gasteiger partial charge in [0.2, 0.25) is 0 Å². The SMILES string of the molecule is O=C(O)COc1cccc(/C=C2/SC(=Nc3ccccc3Br)NC2=O)c1. The lowest BCUT2D eigenvalue weighted by Gasteiger charge is -2.03. The summed E-state index contributed by atoms with van der Waals surface area (Å²) in [5.74, 6) is -0.864.